The maximum Gasteiger partial charge on any atom is 0.418 e. The molecule has 0 atom stereocenters. The van der Waals surface area contributed by atoms with Crippen molar-refractivity contribution >= 4 is 5.82 Å². The maximum absolute atomic E-state index is 14.2. The largest absolute Gasteiger partial charge is 0.418 e. The second-order valence-corrected chi connectivity index (χ2v) is 12.4. The first-order valence-electron chi connectivity index (χ1n) is 15.8. The number of hydrogen-bond donors (Lipinski definition) is 2. The molecule has 1 aromatic carbocycles. The lowest BCUT2D eigenvalue weighted by atomic mass is 9.78. The Balaban J connectivity index is 1.44. The summed E-state index contributed by atoms with van der Waals surface area (Å²) in [5, 5.41) is 27.7. The highest BCUT2D eigenvalue weighted by Gasteiger charge is 2.36. The van der Waals surface area contributed by atoms with E-state index in [9.17, 15) is 26.3 Å². The van der Waals surface area contributed by atoms with Gasteiger partial charge in [-0.3, -0.25) is 4.98 Å². The molecule has 4 heterocycles. The third kappa shape index (κ3) is 7.47. The van der Waals surface area contributed by atoms with Crippen LogP contribution in [0.25, 0.3) is 39.6 Å². The van der Waals surface area contributed by atoms with Crippen LogP contribution in [0.5, 0.6) is 0 Å². The summed E-state index contributed by atoms with van der Waals surface area (Å²) < 4.78 is 87.2. The molecule has 6 rings (SSSR count). The number of nitrogens with one attached hydrogen (secondary N) is 2. The minimum Gasteiger partial charge on any atom is -0.370 e. The molecule has 0 aliphatic heterocycles. The van der Waals surface area contributed by atoms with Crippen LogP contribution in [0, 0.1) is 11.3 Å². The summed E-state index contributed by atoms with van der Waals surface area (Å²) in [7, 11) is 1.66. The van der Waals surface area contributed by atoms with Gasteiger partial charge in [-0.25, -0.2) is 9.67 Å². The van der Waals surface area contributed by atoms with Gasteiger partial charge in [-0.2, -0.15) is 36.7 Å². The molecular weight excluding hydrogens is 662 g/mol. The fourth-order valence-corrected chi connectivity index (χ4v) is 5.75. The van der Waals surface area contributed by atoms with Gasteiger partial charge in [0.2, 0.25) is 0 Å². The third-order valence-corrected chi connectivity index (χ3v) is 8.70. The van der Waals surface area contributed by atoms with E-state index >= 15 is 0 Å². The monoisotopic (exact) mass is 694 g/mol. The lowest BCUT2D eigenvalue weighted by Gasteiger charge is -2.39. The Morgan fingerprint density at radius 1 is 0.960 bits per heavy atom. The molecule has 0 radical (unpaired) electrons. The summed E-state index contributed by atoms with van der Waals surface area (Å²) in [4.78, 5) is 8.96. The quantitative estimate of drug-likeness (QED) is 0.107. The lowest BCUT2D eigenvalue weighted by molar-refractivity contribution is -0.138. The highest BCUT2D eigenvalue weighted by Crippen LogP contribution is 2.40. The molecule has 1 saturated carbocycles. The summed E-state index contributed by atoms with van der Waals surface area (Å²) >= 11 is 0. The van der Waals surface area contributed by atoms with Crippen LogP contribution in [0.15, 0.2) is 61.2 Å². The van der Waals surface area contributed by atoms with E-state index in [4.69, 9.17) is 5.26 Å². The van der Waals surface area contributed by atoms with Crippen molar-refractivity contribution in [2.75, 3.05) is 11.9 Å². The summed E-state index contributed by atoms with van der Waals surface area (Å²) in [5.41, 5.74) is -0.912. The van der Waals surface area contributed by atoms with E-state index in [1.54, 1.807) is 17.7 Å². The van der Waals surface area contributed by atoms with E-state index in [0.29, 0.717) is 35.6 Å². The van der Waals surface area contributed by atoms with E-state index in [1.165, 1.54) is 41.6 Å². The molecule has 1 fully saturated rings. The molecule has 5 aromatic rings. The molecule has 16 heteroatoms. The minimum absolute atomic E-state index is 0.0728. The van der Waals surface area contributed by atoms with Crippen molar-refractivity contribution in [3.05, 3.63) is 78.0 Å². The number of alkyl halides is 6. The summed E-state index contributed by atoms with van der Waals surface area (Å²) in [5.74, 6) is 0.672. The highest BCUT2D eigenvalue weighted by molar-refractivity contribution is 5.83. The average molecular weight is 695 g/mol. The fraction of sp³-hybridized carbons (Fsp3) is 0.353. The second-order valence-electron chi connectivity index (χ2n) is 12.4. The maximum atomic E-state index is 14.2. The van der Waals surface area contributed by atoms with Gasteiger partial charge in [0.1, 0.15) is 12.1 Å². The van der Waals surface area contributed by atoms with Crippen LogP contribution in [0.4, 0.5) is 32.2 Å². The van der Waals surface area contributed by atoms with E-state index < -0.39 is 23.5 Å². The number of halogens is 6. The van der Waals surface area contributed by atoms with E-state index in [1.807, 2.05) is 6.07 Å². The molecule has 4 aromatic heterocycles. The SMILES string of the molecule is Cn1cnnc1-c1ccc(C(F)(F)F)cc1-c1cc(NCCCC#N)nc(-n2cc(-c3nc(CNC4(C)CCC4)ccc3C(F)(F)F)cn2)c1. The molecule has 260 valence electrons. The van der Waals surface area contributed by atoms with Crippen molar-refractivity contribution < 1.29 is 26.3 Å². The van der Waals surface area contributed by atoms with E-state index in [-0.39, 0.29) is 47.0 Å². The minimum atomic E-state index is -4.70. The lowest BCUT2D eigenvalue weighted by Crippen LogP contribution is -2.47. The van der Waals surface area contributed by atoms with Crippen LogP contribution in [0.2, 0.25) is 0 Å². The highest BCUT2D eigenvalue weighted by atomic mass is 19.4. The van der Waals surface area contributed by atoms with Crippen molar-refractivity contribution in [3.8, 4) is 45.7 Å². The molecule has 0 bridgehead atoms. The number of nitrogens with zero attached hydrogens (tertiary/aromatic N) is 8. The zero-order chi connectivity index (χ0) is 35.7. The Kier molecular flexibility index (Phi) is 9.36. The zero-order valence-corrected chi connectivity index (χ0v) is 27.1. The molecule has 2 N–H and O–H groups in total. The number of nitriles is 1. The van der Waals surface area contributed by atoms with Gasteiger partial charge in [-0.1, -0.05) is 0 Å². The number of aryl methyl sites for hydroxylation is 1. The zero-order valence-electron chi connectivity index (χ0n) is 27.1. The Morgan fingerprint density at radius 2 is 1.76 bits per heavy atom. The predicted molar refractivity (Wildman–Crippen MR) is 172 cm³/mol. The number of rotatable bonds is 11. The topological polar surface area (TPSA) is 122 Å². The standard InChI is InChI=1S/C34H32F6N10/c1-32(10-5-11-32)43-18-24-7-9-27(34(38,39)40)30(46-24)22-17-45-50(19-22)29-15-21(14-28(47-29)42-13-4-3-12-41)26-16-23(33(35,36)37)6-8-25(26)31-48-44-20-49(31)2/h6-9,14-17,19-20,43H,3-5,10-11,13,18H2,1-2H3,(H,42,47). The molecular formula is C34H32F6N10. The van der Waals surface area contributed by atoms with Crippen molar-refractivity contribution in [1.29, 1.82) is 5.26 Å². The first-order valence-corrected chi connectivity index (χ1v) is 15.8. The van der Waals surface area contributed by atoms with Gasteiger partial charge in [0.05, 0.1) is 34.8 Å². The van der Waals surface area contributed by atoms with E-state index in [0.717, 1.165) is 37.5 Å². The summed E-state index contributed by atoms with van der Waals surface area (Å²) in [6.45, 7) is 2.67. The molecule has 1 aliphatic rings. The molecule has 0 spiro atoms. The van der Waals surface area contributed by atoms with Crippen LogP contribution in [-0.4, -0.2) is 46.6 Å². The van der Waals surface area contributed by atoms with Gasteiger partial charge in [-0.15, -0.1) is 10.2 Å². The number of unbranched alkanes of at least 4 members (excludes halogenated alkanes) is 1. The van der Waals surface area contributed by atoms with Crippen molar-refractivity contribution in [1.82, 2.24) is 39.8 Å². The fourth-order valence-electron chi connectivity index (χ4n) is 5.75. The number of pyridine rings is 2. The van der Waals surface area contributed by atoms with Gasteiger partial charge in [0.25, 0.3) is 0 Å². The van der Waals surface area contributed by atoms with Crippen LogP contribution in [0.3, 0.4) is 0 Å². The van der Waals surface area contributed by atoms with Crippen molar-refractivity contribution in [2.45, 2.75) is 63.5 Å². The predicted octanol–water partition coefficient (Wildman–Crippen LogP) is 7.58. The summed E-state index contributed by atoms with van der Waals surface area (Å²) in [6.07, 6.45) is -1.60. The van der Waals surface area contributed by atoms with Gasteiger partial charge >= 0.3 is 12.4 Å². The van der Waals surface area contributed by atoms with Crippen LogP contribution in [-0.2, 0) is 25.9 Å². The molecule has 0 unspecified atom stereocenters. The van der Waals surface area contributed by atoms with Crippen molar-refractivity contribution in [2.24, 2.45) is 7.05 Å². The summed E-state index contributed by atoms with van der Waals surface area (Å²) in [6, 6.07) is 10.7. The third-order valence-electron chi connectivity index (χ3n) is 8.70. The van der Waals surface area contributed by atoms with E-state index in [2.05, 4.69) is 42.8 Å². The Bertz CT molecular complexity index is 2040. The average Bonchev–Trinajstić information content (AvgIpc) is 3.73. The molecule has 0 saturated heterocycles. The van der Waals surface area contributed by atoms with Gasteiger partial charge in [0, 0.05) is 49.4 Å². The first-order chi connectivity index (χ1) is 23.7. The molecule has 10 nitrogen and oxygen atoms in total. The van der Waals surface area contributed by atoms with Gasteiger partial charge in [0.15, 0.2) is 11.6 Å². The van der Waals surface area contributed by atoms with Crippen LogP contribution in [0.1, 0.15) is 55.8 Å². The van der Waals surface area contributed by atoms with Crippen molar-refractivity contribution in [3.63, 3.8) is 0 Å². The number of aromatic nitrogens is 7. The molecule has 1 aliphatic carbocycles. The van der Waals surface area contributed by atoms with Gasteiger partial charge in [-0.05, 0) is 86.2 Å². The Morgan fingerprint density at radius 3 is 2.42 bits per heavy atom. The Hall–Kier alpha value is -5.30. The molecule has 0 amide bonds. The number of hydrogen-bond acceptors (Lipinski definition) is 8. The number of benzene rings is 1. The smallest absolute Gasteiger partial charge is 0.370 e. The van der Waals surface area contributed by atoms with Crippen LogP contribution < -0.4 is 10.6 Å². The first kappa shape index (κ1) is 34.6. The van der Waals surface area contributed by atoms with Gasteiger partial charge < -0.3 is 15.2 Å². The Labute approximate surface area is 283 Å². The number of anilines is 1. The van der Waals surface area contributed by atoms with Crippen LogP contribution >= 0.6 is 0 Å². The normalized spacial score (nSPS) is 14.3. The second kappa shape index (κ2) is 13.5. The molecule has 50 heavy (non-hydrogen) atoms.